The number of carbonyl (C=O) groups is 1. The van der Waals surface area contributed by atoms with Gasteiger partial charge in [0.25, 0.3) is 0 Å². The summed E-state index contributed by atoms with van der Waals surface area (Å²) in [5, 5.41) is 12.2. The van der Waals surface area contributed by atoms with Crippen molar-refractivity contribution in [3.05, 3.63) is 35.9 Å². The van der Waals surface area contributed by atoms with Gasteiger partial charge in [-0.25, -0.2) is 0 Å². The highest BCUT2D eigenvalue weighted by Gasteiger charge is 2.55. The summed E-state index contributed by atoms with van der Waals surface area (Å²) in [6.07, 6.45) is -4.58. The molecule has 0 saturated heterocycles. The molecule has 4 N–H and O–H groups in total. The molecule has 0 aliphatic rings. The number of alkyl halides is 3. The Morgan fingerprint density at radius 3 is 2.22 bits per heavy atom. The topological polar surface area (TPSA) is 75.4 Å². The van der Waals surface area contributed by atoms with E-state index in [-0.39, 0.29) is 23.9 Å². The molecule has 1 rings (SSSR count). The van der Waals surface area contributed by atoms with E-state index in [2.05, 4.69) is 5.32 Å². The molecule has 1 amide bonds. The Balaban J connectivity index is 0.00000484. The van der Waals surface area contributed by atoms with E-state index in [1.54, 1.807) is 0 Å². The number of aliphatic hydroxyl groups is 1. The quantitative estimate of drug-likeness (QED) is 0.734. The van der Waals surface area contributed by atoms with Crippen molar-refractivity contribution in [1.82, 2.24) is 5.32 Å². The predicted molar refractivity (Wildman–Crippen MR) is 84.1 cm³/mol. The molecule has 0 saturated carbocycles. The van der Waals surface area contributed by atoms with Gasteiger partial charge in [0.1, 0.15) is 0 Å². The fraction of sp³-hybridized carbons (Fsp3) is 0.533. The second kappa shape index (κ2) is 8.52. The minimum absolute atomic E-state index is 0. The smallest absolute Gasteiger partial charge is 0.375 e. The molecule has 0 heterocycles. The lowest BCUT2D eigenvalue weighted by Crippen LogP contribution is -2.53. The second-order valence-corrected chi connectivity index (χ2v) is 5.68. The van der Waals surface area contributed by atoms with Crippen molar-refractivity contribution in [3.63, 3.8) is 0 Å². The SMILES string of the molecule is CC(C)C[C@H](N)C(=O)NCC(O)(c1ccccc1)C(F)(F)F.Cl. The van der Waals surface area contributed by atoms with Crippen LogP contribution in [0.15, 0.2) is 30.3 Å². The molecule has 23 heavy (non-hydrogen) atoms. The van der Waals surface area contributed by atoms with Crippen LogP contribution in [0, 0.1) is 5.92 Å². The van der Waals surface area contributed by atoms with Crippen molar-refractivity contribution in [1.29, 1.82) is 0 Å². The first kappa shape index (κ1) is 21.7. The normalized spacial score (nSPS) is 15.5. The van der Waals surface area contributed by atoms with Crippen molar-refractivity contribution in [2.45, 2.75) is 38.1 Å². The molecular formula is C15H22ClF3N2O2. The van der Waals surface area contributed by atoms with Crippen LogP contribution in [0.5, 0.6) is 0 Å². The van der Waals surface area contributed by atoms with E-state index in [9.17, 15) is 23.1 Å². The molecule has 0 bridgehead atoms. The van der Waals surface area contributed by atoms with Crippen LogP contribution in [0.3, 0.4) is 0 Å². The number of hydrogen-bond acceptors (Lipinski definition) is 3. The summed E-state index contributed by atoms with van der Waals surface area (Å²) in [5.41, 5.74) is 2.14. The predicted octanol–water partition coefficient (Wildman–Crippen LogP) is 2.35. The summed E-state index contributed by atoms with van der Waals surface area (Å²) in [7, 11) is 0. The molecule has 4 nitrogen and oxygen atoms in total. The zero-order valence-corrected chi connectivity index (χ0v) is 13.7. The molecule has 1 aromatic rings. The van der Waals surface area contributed by atoms with E-state index in [4.69, 9.17) is 5.73 Å². The van der Waals surface area contributed by atoms with Gasteiger partial charge in [-0.05, 0) is 17.9 Å². The van der Waals surface area contributed by atoms with Gasteiger partial charge < -0.3 is 16.2 Å². The largest absolute Gasteiger partial charge is 0.423 e. The molecule has 1 unspecified atom stereocenters. The van der Waals surface area contributed by atoms with Crippen molar-refractivity contribution in [2.75, 3.05) is 6.54 Å². The van der Waals surface area contributed by atoms with Gasteiger partial charge >= 0.3 is 6.18 Å². The Hall–Kier alpha value is -1.31. The fourth-order valence-corrected chi connectivity index (χ4v) is 2.04. The molecule has 0 radical (unpaired) electrons. The molecule has 8 heteroatoms. The summed E-state index contributed by atoms with van der Waals surface area (Å²) >= 11 is 0. The van der Waals surface area contributed by atoms with Crippen LogP contribution < -0.4 is 11.1 Å². The van der Waals surface area contributed by atoms with Crippen LogP contribution in [0.1, 0.15) is 25.8 Å². The standard InChI is InChI=1S/C15H21F3N2O2.ClH/c1-10(2)8-12(19)13(21)20-9-14(22,15(16,17)18)11-6-4-3-5-7-11;/h3-7,10,12,22H,8-9,19H2,1-2H3,(H,20,21);1H/t12-,14?;/m0./s1. The molecule has 0 aliphatic heterocycles. The lowest BCUT2D eigenvalue weighted by atomic mass is 9.92. The monoisotopic (exact) mass is 354 g/mol. The maximum atomic E-state index is 13.2. The van der Waals surface area contributed by atoms with Crippen LogP contribution in [0.2, 0.25) is 0 Å². The average molecular weight is 355 g/mol. The van der Waals surface area contributed by atoms with Crippen molar-refractivity contribution >= 4 is 18.3 Å². The summed E-state index contributed by atoms with van der Waals surface area (Å²) in [4.78, 5) is 11.8. The van der Waals surface area contributed by atoms with Crippen LogP contribution in [0.4, 0.5) is 13.2 Å². The summed E-state index contributed by atoms with van der Waals surface area (Å²) < 4.78 is 39.7. The van der Waals surface area contributed by atoms with Crippen molar-refractivity contribution < 1.29 is 23.1 Å². The van der Waals surface area contributed by atoms with E-state index in [1.807, 2.05) is 13.8 Å². The maximum absolute atomic E-state index is 13.2. The zero-order chi connectivity index (χ0) is 17.0. The third-order valence-electron chi connectivity index (χ3n) is 3.30. The zero-order valence-electron chi connectivity index (χ0n) is 12.9. The van der Waals surface area contributed by atoms with Gasteiger partial charge in [0.2, 0.25) is 11.5 Å². The Morgan fingerprint density at radius 1 is 1.26 bits per heavy atom. The van der Waals surface area contributed by atoms with Crippen LogP contribution >= 0.6 is 12.4 Å². The molecule has 1 aromatic carbocycles. The van der Waals surface area contributed by atoms with Crippen LogP contribution in [-0.4, -0.2) is 29.8 Å². The van der Waals surface area contributed by atoms with Gasteiger partial charge in [-0.15, -0.1) is 12.4 Å². The van der Waals surface area contributed by atoms with Crippen molar-refractivity contribution in [3.8, 4) is 0 Å². The van der Waals surface area contributed by atoms with Gasteiger partial charge in [0, 0.05) is 0 Å². The minimum Gasteiger partial charge on any atom is -0.375 e. The molecule has 0 aliphatic carbocycles. The molecule has 0 aromatic heterocycles. The Morgan fingerprint density at radius 2 is 1.78 bits per heavy atom. The van der Waals surface area contributed by atoms with Gasteiger partial charge in [-0.1, -0.05) is 44.2 Å². The first-order valence-corrected chi connectivity index (χ1v) is 6.96. The van der Waals surface area contributed by atoms with Crippen molar-refractivity contribution in [2.24, 2.45) is 11.7 Å². The van der Waals surface area contributed by atoms with Gasteiger partial charge in [-0.2, -0.15) is 13.2 Å². The lowest BCUT2D eigenvalue weighted by molar-refractivity contribution is -0.264. The molecule has 0 spiro atoms. The van der Waals surface area contributed by atoms with E-state index in [0.717, 1.165) is 12.1 Å². The Kier molecular flexibility index (Phi) is 8.03. The number of hydrogen-bond donors (Lipinski definition) is 3. The van der Waals surface area contributed by atoms with E-state index < -0.39 is 30.3 Å². The molecule has 132 valence electrons. The first-order chi connectivity index (χ1) is 10.1. The number of nitrogens with two attached hydrogens (primary N) is 1. The lowest BCUT2D eigenvalue weighted by Gasteiger charge is -2.31. The number of carbonyl (C=O) groups excluding carboxylic acids is 1. The van der Waals surface area contributed by atoms with Gasteiger partial charge in [-0.3, -0.25) is 4.79 Å². The fourth-order valence-electron chi connectivity index (χ4n) is 2.04. The van der Waals surface area contributed by atoms with E-state index in [0.29, 0.717) is 6.42 Å². The average Bonchev–Trinajstić information content (AvgIpc) is 2.43. The van der Waals surface area contributed by atoms with E-state index >= 15 is 0 Å². The second-order valence-electron chi connectivity index (χ2n) is 5.68. The number of nitrogens with one attached hydrogen (secondary N) is 1. The molecule has 0 fully saturated rings. The van der Waals surface area contributed by atoms with Gasteiger partial charge in [0.15, 0.2) is 0 Å². The highest BCUT2D eigenvalue weighted by Crippen LogP contribution is 2.38. The number of halogens is 4. The van der Waals surface area contributed by atoms with Crippen LogP contribution in [0.25, 0.3) is 0 Å². The summed E-state index contributed by atoms with van der Waals surface area (Å²) in [6.45, 7) is 2.72. The number of rotatable bonds is 6. The number of benzene rings is 1. The summed E-state index contributed by atoms with van der Waals surface area (Å²) in [5.74, 6) is -0.580. The number of amides is 1. The Labute approximate surface area is 139 Å². The van der Waals surface area contributed by atoms with Gasteiger partial charge in [0.05, 0.1) is 12.6 Å². The highest BCUT2D eigenvalue weighted by atomic mass is 35.5. The van der Waals surface area contributed by atoms with Crippen LogP contribution in [-0.2, 0) is 10.4 Å². The highest BCUT2D eigenvalue weighted by molar-refractivity contribution is 5.85. The first-order valence-electron chi connectivity index (χ1n) is 6.96. The maximum Gasteiger partial charge on any atom is 0.423 e. The molecular weight excluding hydrogens is 333 g/mol. The summed E-state index contributed by atoms with van der Waals surface area (Å²) in [6, 6.07) is 5.73. The molecule has 2 atom stereocenters. The minimum atomic E-state index is -4.93. The Bertz CT molecular complexity index is 497. The third-order valence-corrected chi connectivity index (χ3v) is 3.30. The van der Waals surface area contributed by atoms with E-state index in [1.165, 1.54) is 18.2 Å². The third kappa shape index (κ3) is 5.67.